The Balaban J connectivity index is 1.33. The second kappa shape index (κ2) is 8.31. The molecule has 2 saturated carbocycles. The van der Waals surface area contributed by atoms with E-state index in [-0.39, 0.29) is 0 Å². The lowest BCUT2D eigenvalue weighted by Crippen LogP contribution is -2.11. The van der Waals surface area contributed by atoms with Gasteiger partial charge in [-0.15, -0.1) is 0 Å². The SMILES string of the molecule is c1ccc(-c2ccc(N(c3ccccc3)c3ccc(C4CC5CCC4C5)cc3)cc2)cc1. The van der Waals surface area contributed by atoms with Gasteiger partial charge in [0.2, 0.25) is 0 Å². The number of rotatable bonds is 5. The number of para-hydroxylation sites is 1. The van der Waals surface area contributed by atoms with Gasteiger partial charge in [-0.05, 0) is 90.1 Å². The van der Waals surface area contributed by atoms with Crippen LogP contribution < -0.4 is 4.90 Å². The normalized spacial score (nSPS) is 21.6. The minimum Gasteiger partial charge on any atom is -0.311 e. The Morgan fingerprint density at radius 1 is 0.500 bits per heavy atom. The largest absolute Gasteiger partial charge is 0.311 e. The van der Waals surface area contributed by atoms with Crippen LogP contribution in [-0.2, 0) is 0 Å². The van der Waals surface area contributed by atoms with Crippen LogP contribution in [0.3, 0.4) is 0 Å². The number of hydrogen-bond donors (Lipinski definition) is 0. The molecule has 0 aromatic heterocycles. The first kappa shape index (κ1) is 19.4. The summed E-state index contributed by atoms with van der Waals surface area (Å²) < 4.78 is 0. The summed E-state index contributed by atoms with van der Waals surface area (Å²) in [5.74, 6) is 2.67. The molecule has 2 aliphatic rings. The van der Waals surface area contributed by atoms with Crippen molar-refractivity contribution in [3.8, 4) is 11.1 Å². The van der Waals surface area contributed by atoms with E-state index in [9.17, 15) is 0 Å². The number of fused-ring (bicyclic) bond motifs is 2. The van der Waals surface area contributed by atoms with Crippen LogP contribution in [-0.4, -0.2) is 0 Å². The third kappa shape index (κ3) is 3.62. The Hall–Kier alpha value is -3.32. The monoisotopic (exact) mass is 415 g/mol. The maximum absolute atomic E-state index is 2.38. The molecule has 1 nitrogen and oxygen atoms in total. The van der Waals surface area contributed by atoms with Gasteiger partial charge in [0, 0.05) is 17.1 Å². The van der Waals surface area contributed by atoms with Crippen molar-refractivity contribution in [3.63, 3.8) is 0 Å². The van der Waals surface area contributed by atoms with Crippen molar-refractivity contribution < 1.29 is 0 Å². The summed E-state index contributed by atoms with van der Waals surface area (Å²) in [5.41, 5.74) is 7.62. The van der Waals surface area contributed by atoms with Crippen molar-refractivity contribution in [1.29, 1.82) is 0 Å². The van der Waals surface area contributed by atoms with Crippen molar-refractivity contribution in [1.82, 2.24) is 0 Å². The lowest BCUT2D eigenvalue weighted by atomic mass is 9.83. The van der Waals surface area contributed by atoms with Gasteiger partial charge in [0.15, 0.2) is 0 Å². The quantitative estimate of drug-likeness (QED) is 0.315. The van der Waals surface area contributed by atoms with Crippen LogP contribution in [0, 0.1) is 11.8 Å². The lowest BCUT2D eigenvalue weighted by Gasteiger charge is -2.27. The third-order valence-corrected chi connectivity index (χ3v) is 7.56. The van der Waals surface area contributed by atoms with E-state index < -0.39 is 0 Å². The molecule has 0 spiro atoms. The first-order chi connectivity index (χ1) is 15.8. The molecule has 6 rings (SSSR count). The second-order valence-corrected chi connectivity index (χ2v) is 9.46. The summed E-state index contributed by atoms with van der Waals surface area (Å²) in [6, 6.07) is 39.6. The molecule has 2 bridgehead atoms. The van der Waals surface area contributed by atoms with Crippen molar-refractivity contribution >= 4 is 17.1 Å². The summed E-state index contributed by atoms with van der Waals surface area (Å²) in [6.07, 6.45) is 5.74. The molecule has 0 heterocycles. The van der Waals surface area contributed by atoms with Gasteiger partial charge in [0.25, 0.3) is 0 Å². The van der Waals surface area contributed by atoms with Crippen LogP contribution in [0.1, 0.15) is 37.2 Å². The van der Waals surface area contributed by atoms with E-state index in [0.717, 1.165) is 17.8 Å². The second-order valence-electron chi connectivity index (χ2n) is 9.46. The zero-order valence-corrected chi connectivity index (χ0v) is 18.4. The number of benzene rings is 4. The molecule has 0 radical (unpaired) electrons. The average molecular weight is 416 g/mol. The molecule has 158 valence electrons. The van der Waals surface area contributed by atoms with Crippen LogP contribution in [0.2, 0.25) is 0 Å². The summed E-state index contributed by atoms with van der Waals surface area (Å²) >= 11 is 0. The van der Waals surface area contributed by atoms with Gasteiger partial charge in [0.05, 0.1) is 0 Å². The Labute approximate surface area is 191 Å². The molecule has 4 aromatic carbocycles. The van der Waals surface area contributed by atoms with Crippen LogP contribution in [0.25, 0.3) is 11.1 Å². The topological polar surface area (TPSA) is 3.24 Å². The van der Waals surface area contributed by atoms with Gasteiger partial charge in [-0.3, -0.25) is 0 Å². The van der Waals surface area contributed by atoms with Crippen molar-refractivity contribution in [2.24, 2.45) is 11.8 Å². The van der Waals surface area contributed by atoms with Gasteiger partial charge < -0.3 is 4.90 Å². The average Bonchev–Trinajstić information content (AvgIpc) is 3.51. The molecule has 3 unspecified atom stereocenters. The molecule has 0 N–H and O–H groups in total. The molecular weight excluding hydrogens is 386 g/mol. The number of anilines is 3. The van der Waals surface area contributed by atoms with Gasteiger partial charge >= 0.3 is 0 Å². The Kier molecular flexibility index (Phi) is 5.03. The fourth-order valence-electron chi connectivity index (χ4n) is 5.98. The van der Waals surface area contributed by atoms with E-state index in [1.807, 2.05) is 0 Å². The summed E-state index contributed by atoms with van der Waals surface area (Å²) in [6.45, 7) is 0. The predicted molar refractivity (Wildman–Crippen MR) is 135 cm³/mol. The highest BCUT2D eigenvalue weighted by atomic mass is 15.1. The molecule has 2 aliphatic carbocycles. The van der Waals surface area contributed by atoms with Crippen molar-refractivity contribution in [3.05, 3.63) is 115 Å². The molecular formula is C31H29N. The van der Waals surface area contributed by atoms with Gasteiger partial charge in [-0.25, -0.2) is 0 Å². The van der Waals surface area contributed by atoms with Crippen molar-refractivity contribution in [2.45, 2.75) is 31.6 Å². The molecule has 3 atom stereocenters. The van der Waals surface area contributed by atoms with E-state index in [0.29, 0.717) is 0 Å². The Morgan fingerprint density at radius 2 is 1.06 bits per heavy atom. The lowest BCUT2D eigenvalue weighted by molar-refractivity contribution is 0.420. The molecule has 32 heavy (non-hydrogen) atoms. The van der Waals surface area contributed by atoms with E-state index >= 15 is 0 Å². The molecule has 0 aliphatic heterocycles. The third-order valence-electron chi connectivity index (χ3n) is 7.56. The number of hydrogen-bond acceptors (Lipinski definition) is 1. The van der Waals surface area contributed by atoms with Crippen LogP contribution in [0.4, 0.5) is 17.1 Å². The summed E-state index contributed by atoms with van der Waals surface area (Å²) in [5, 5.41) is 0. The zero-order valence-electron chi connectivity index (χ0n) is 18.4. The molecule has 2 fully saturated rings. The van der Waals surface area contributed by atoms with E-state index in [1.54, 1.807) is 0 Å². The molecule has 4 aromatic rings. The van der Waals surface area contributed by atoms with Crippen LogP contribution in [0.15, 0.2) is 109 Å². The standard InChI is InChI=1S/C31H29N/c1-3-7-24(8-4-1)25-13-17-29(18-14-25)32(28-9-5-2-6-10-28)30-19-15-26(16-20-30)31-22-23-11-12-27(31)21-23/h1-10,13-20,23,27,31H,11-12,21-22H2. The minimum absolute atomic E-state index is 0.776. The highest BCUT2D eigenvalue weighted by Gasteiger charge is 2.40. The molecule has 0 saturated heterocycles. The summed E-state index contributed by atoms with van der Waals surface area (Å²) in [4.78, 5) is 2.36. The van der Waals surface area contributed by atoms with Crippen molar-refractivity contribution in [2.75, 3.05) is 4.90 Å². The van der Waals surface area contributed by atoms with Crippen LogP contribution in [0.5, 0.6) is 0 Å². The maximum Gasteiger partial charge on any atom is 0.0462 e. The zero-order chi connectivity index (χ0) is 21.3. The fraction of sp³-hybridized carbons (Fsp3) is 0.226. The van der Waals surface area contributed by atoms with Crippen LogP contribution >= 0.6 is 0 Å². The van der Waals surface area contributed by atoms with E-state index in [2.05, 4.69) is 114 Å². The first-order valence-corrected chi connectivity index (χ1v) is 12.0. The smallest absolute Gasteiger partial charge is 0.0462 e. The first-order valence-electron chi connectivity index (χ1n) is 12.0. The van der Waals surface area contributed by atoms with Gasteiger partial charge in [-0.2, -0.15) is 0 Å². The number of nitrogens with zero attached hydrogens (tertiary/aromatic N) is 1. The van der Waals surface area contributed by atoms with Gasteiger partial charge in [0.1, 0.15) is 0 Å². The predicted octanol–water partition coefficient (Wildman–Crippen LogP) is 8.73. The van der Waals surface area contributed by atoms with E-state index in [4.69, 9.17) is 0 Å². The Bertz CT molecular complexity index is 1160. The summed E-state index contributed by atoms with van der Waals surface area (Å²) in [7, 11) is 0. The molecule has 1 heteroatoms. The molecule has 0 amide bonds. The minimum atomic E-state index is 0.776. The Morgan fingerprint density at radius 3 is 1.66 bits per heavy atom. The maximum atomic E-state index is 2.38. The highest BCUT2D eigenvalue weighted by Crippen LogP contribution is 2.53. The van der Waals surface area contributed by atoms with Gasteiger partial charge in [-0.1, -0.05) is 79.2 Å². The van der Waals surface area contributed by atoms with E-state index in [1.165, 1.54) is 59.4 Å². The highest BCUT2D eigenvalue weighted by molar-refractivity contribution is 5.78. The fourth-order valence-corrected chi connectivity index (χ4v) is 5.98.